The molecule has 0 saturated carbocycles. The summed E-state index contributed by atoms with van der Waals surface area (Å²) in [5.41, 5.74) is 2.58. The zero-order valence-electron chi connectivity index (χ0n) is 18.7. The van der Waals surface area contributed by atoms with Gasteiger partial charge < -0.3 is 9.47 Å². The van der Waals surface area contributed by atoms with E-state index < -0.39 is 17.1 Å². The number of methoxy groups -OCH3 is 1. The quantitative estimate of drug-likeness (QED) is 0.200. The third-order valence-electron chi connectivity index (χ3n) is 5.16. The average Bonchev–Trinajstić information content (AvgIpc) is 3.08. The summed E-state index contributed by atoms with van der Waals surface area (Å²) in [5.74, 6) is -0.393. The molecular formula is C26H19Cl2NO5S. The van der Waals surface area contributed by atoms with Crippen LogP contribution in [-0.2, 0) is 11.3 Å². The number of nitrogens with zero attached hydrogens (tertiary/aromatic N) is 1. The van der Waals surface area contributed by atoms with Crippen molar-refractivity contribution >= 4 is 58.2 Å². The number of aryl methyl sites for hydroxylation is 1. The van der Waals surface area contributed by atoms with Crippen molar-refractivity contribution in [2.75, 3.05) is 7.11 Å². The predicted molar refractivity (Wildman–Crippen MR) is 137 cm³/mol. The van der Waals surface area contributed by atoms with E-state index in [4.69, 9.17) is 32.7 Å². The molecule has 178 valence electrons. The van der Waals surface area contributed by atoms with Gasteiger partial charge in [0.25, 0.3) is 11.1 Å². The van der Waals surface area contributed by atoms with Crippen LogP contribution in [0.3, 0.4) is 0 Å². The average molecular weight is 528 g/mol. The third kappa shape index (κ3) is 5.70. The van der Waals surface area contributed by atoms with E-state index in [2.05, 4.69) is 0 Å². The lowest BCUT2D eigenvalue weighted by Gasteiger charge is -2.13. The van der Waals surface area contributed by atoms with Gasteiger partial charge in [-0.15, -0.1) is 0 Å². The maximum absolute atomic E-state index is 12.9. The fraction of sp³-hybridized carbons (Fsp3) is 0.115. The summed E-state index contributed by atoms with van der Waals surface area (Å²) in [6.45, 7) is 1.92. The molecule has 2 amide bonds. The Morgan fingerprint density at radius 1 is 1.03 bits per heavy atom. The number of thioether (sulfide) groups is 1. The van der Waals surface area contributed by atoms with Crippen LogP contribution in [0.25, 0.3) is 6.08 Å². The molecule has 1 aliphatic heterocycles. The number of hydrogen-bond acceptors (Lipinski definition) is 6. The summed E-state index contributed by atoms with van der Waals surface area (Å²) >= 11 is 13.0. The molecule has 1 aliphatic rings. The van der Waals surface area contributed by atoms with Crippen molar-refractivity contribution in [2.24, 2.45) is 0 Å². The molecule has 4 rings (SSSR count). The van der Waals surface area contributed by atoms with Crippen LogP contribution in [0.15, 0.2) is 65.6 Å². The Labute approximate surface area is 216 Å². The van der Waals surface area contributed by atoms with Crippen LogP contribution in [0.1, 0.15) is 27.0 Å². The summed E-state index contributed by atoms with van der Waals surface area (Å²) in [5, 5.41) is 0.443. The number of rotatable bonds is 6. The fourth-order valence-corrected chi connectivity index (χ4v) is 4.70. The maximum atomic E-state index is 12.9. The van der Waals surface area contributed by atoms with Gasteiger partial charge in [-0.25, -0.2) is 4.79 Å². The zero-order valence-corrected chi connectivity index (χ0v) is 21.0. The van der Waals surface area contributed by atoms with Gasteiger partial charge in [-0.05, 0) is 72.3 Å². The highest BCUT2D eigenvalue weighted by Gasteiger charge is 2.35. The first-order valence-electron chi connectivity index (χ1n) is 10.4. The summed E-state index contributed by atoms with van der Waals surface area (Å²) in [4.78, 5) is 39.3. The molecule has 9 heteroatoms. The topological polar surface area (TPSA) is 72.9 Å². The second kappa shape index (κ2) is 10.6. The van der Waals surface area contributed by atoms with Gasteiger partial charge in [-0.1, -0.05) is 53.0 Å². The lowest BCUT2D eigenvalue weighted by Crippen LogP contribution is -2.27. The molecule has 35 heavy (non-hydrogen) atoms. The van der Waals surface area contributed by atoms with Gasteiger partial charge in [0.1, 0.15) is 0 Å². The highest BCUT2D eigenvalue weighted by molar-refractivity contribution is 8.18. The van der Waals surface area contributed by atoms with Crippen LogP contribution < -0.4 is 9.47 Å². The Kier molecular flexibility index (Phi) is 7.50. The second-order valence-electron chi connectivity index (χ2n) is 7.67. The summed E-state index contributed by atoms with van der Waals surface area (Å²) in [6.07, 6.45) is 1.59. The standard InChI is InChI=1S/C26H19Cl2NO5S/c1-15-4-3-5-17(10-15)25(31)34-21-9-6-16(11-22(21)33-2)12-23-24(30)29(26(32)35-23)14-18-7-8-19(27)13-20(18)28/h3-13H,14H2,1-2H3/b23-12-. The van der Waals surface area contributed by atoms with E-state index in [9.17, 15) is 14.4 Å². The lowest BCUT2D eigenvalue weighted by atomic mass is 10.1. The molecule has 1 heterocycles. The minimum absolute atomic E-state index is 0.0369. The monoisotopic (exact) mass is 527 g/mol. The molecule has 0 aromatic heterocycles. The van der Waals surface area contributed by atoms with Crippen molar-refractivity contribution in [3.63, 3.8) is 0 Å². The largest absolute Gasteiger partial charge is 0.493 e. The van der Waals surface area contributed by atoms with Crippen molar-refractivity contribution < 1.29 is 23.9 Å². The molecule has 1 fully saturated rings. The Bertz CT molecular complexity index is 1370. The van der Waals surface area contributed by atoms with E-state index in [1.54, 1.807) is 60.7 Å². The number of carbonyl (C=O) groups is 3. The number of halogens is 2. The van der Waals surface area contributed by atoms with Crippen LogP contribution in [0.4, 0.5) is 4.79 Å². The van der Waals surface area contributed by atoms with E-state index in [1.165, 1.54) is 7.11 Å². The van der Waals surface area contributed by atoms with E-state index in [-0.39, 0.29) is 17.2 Å². The highest BCUT2D eigenvalue weighted by atomic mass is 35.5. The molecule has 0 radical (unpaired) electrons. The van der Waals surface area contributed by atoms with E-state index in [1.807, 2.05) is 13.0 Å². The minimum atomic E-state index is -0.512. The first-order chi connectivity index (χ1) is 16.7. The normalized spacial score (nSPS) is 14.5. The molecule has 0 unspecified atom stereocenters. The number of imide groups is 1. The molecule has 0 aliphatic carbocycles. The number of esters is 1. The van der Waals surface area contributed by atoms with Crippen molar-refractivity contribution in [2.45, 2.75) is 13.5 Å². The predicted octanol–water partition coefficient (Wildman–Crippen LogP) is 6.77. The fourth-order valence-electron chi connectivity index (χ4n) is 3.40. The highest BCUT2D eigenvalue weighted by Crippen LogP contribution is 2.36. The summed E-state index contributed by atoms with van der Waals surface area (Å²) < 4.78 is 10.9. The number of carbonyl (C=O) groups excluding carboxylic acids is 3. The van der Waals surface area contributed by atoms with Crippen LogP contribution in [0.5, 0.6) is 11.5 Å². The number of ether oxygens (including phenoxy) is 2. The van der Waals surface area contributed by atoms with Gasteiger partial charge >= 0.3 is 5.97 Å². The third-order valence-corrected chi connectivity index (χ3v) is 6.65. The molecule has 3 aromatic carbocycles. The maximum Gasteiger partial charge on any atom is 0.343 e. The first kappa shape index (κ1) is 24.9. The molecule has 0 spiro atoms. The smallest absolute Gasteiger partial charge is 0.343 e. The van der Waals surface area contributed by atoms with E-state index in [0.29, 0.717) is 32.5 Å². The van der Waals surface area contributed by atoms with Crippen molar-refractivity contribution in [3.8, 4) is 11.5 Å². The van der Waals surface area contributed by atoms with E-state index >= 15 is 0 Å². The lowest BCUT2D eigenvalue weighted by molar-refractivity contribution is -0.123. The summed E-state index contributed by atoms with van der Waals surface area (Å²) in [7, 11) is 1.45. The van der Waals surface area contributed by atoms with Gasteiger partial charge in [-0.3, -0.25) is 14.5 Å². The molecule has 0 N–H and O–H groups in total. The molecule has 1 saturated heterocycles. The van der Waals surface area contributed by atoms with Crippen LogP contribution in [0, 0.1) is 6.92 Å². The zero-order chi connectivity index (χ0) is 25.1. The van der Waals surface area contributed by atoms with Crippen molar-refractivity contribution in [1.29, 1.82) is 0 Å². The van der Waals surface area contributed by atoms with Crippen molar-refractivity contribution in [1.82, 2.24) is 4.90 Å². The molecule has 0 bridgehead atoms. The van der Waals surface area contributed by atoms with Gasteiger partial charge in [-0.2, -0.15) is 0 Å². The molecular weight excluding hydrogens is 509 g/mol. The molecule has 0 atom stereocenters. The van der Waals surface area contributed by atoms with Crippen LogP contribution in [-0.4, -0.2) is 29.1 Å². The Balaban J connectivity index is 1.52. The molecule has 3 aromatic rings. The Morgan fingerprint density at radius 2 is 1.83 bits per heavy atom. The van der Waals surface area contributed by atoms with Gasteiger partial charge in [0.05, 0.1) is 24.1 Å². The van der Waals surface area contributed by atoms with Crippen LogP contribution >= 0.6 is 35.0 Å². The SMILES string of the molecule is COc1cc(/C=C2\SC(=O)N(Cc3ccc(Cl)cc3Cl)C2=O)ccc1OC(=O)c1cccc(C)c1. The second-order valence-corrected chi connectivity index (χ2v) is 9.51. The van der Waals surface area contributed by atoms with Gasteiger partial charge in [0.15, 0.2) is 11.5 Å². The number of benzene rings is 3. The Hall–Kier alpha value is -3.26. The number of amides is 2. The Morgan fingerprint density at radius 3 is 2.54 bits per heavy atom. The van der Waals surface area contributed by atoms with Gasteiger partial charge in [0, 0.05) is 10.0 Å². The van der Waals surface area contributed by atoms with E-state index in [0.717, 1.165) is 22.2 Å². The molecule has 6 nitrogen and oxygen atoms in total. The first-order valence-corrected chi connectivity index (χ1v) is 12.0. The van der Waals surface area contributed by atoms with Crippen LogP contribution in [0.2, 0.25) is 10.0 Å². The minimum Gasteiger partial charge on any atom is -0.493 e. The van der Waals surface area contributed by atoms with Crippen molar-refractivity contribution in [3.05, 3.63) is 97.9 Å². The summed E-state index contributed by atoms with van der Waals surface area (Å²) in [6, 6.07) is 16.8. The number of hydrogen-bond donors (Lipinski definition) is 0. The van der Waals surface area contributed by atoms with Gasteiger partial charge in [0.2, 0.25) is 0 Å².